The van der Waals surface area contributed by atoms with Crippen LogP contribution >= 0.6 is 0 Å². The summed E-state index contributed by atoms with van der Waals surface area (Å²) in [4.78, 5) is 38.5. The van der Waals surface area contributed by atoms with Gasteiger partial charge < -0.3 is 14.4 Å². The highest BCUT2D eigenvalue weighted by Gasteiger charge is 2.50. The molecule has 0 saturated carbocycles. The van der Waals surface area contributed by atoms with Crippen LogP contribution in [0.1, 0.15) is 57.8 Å². The molecule has 6 nitrogen and oxygen atoms in total. The second-order valence-electron chi connectivity index (χ2n) is 7.79. The zero-order chi connectivity index (χ0) is 19.5. The summed E-state index contributed by atoms with van der Waals surface area (Å²) in [5.41, 5.74) is -0.825. The smallest absolute Gasteiger partial charge is 0.397 e. The summed E-state index contributed by atoms with van der Waals surface area (Å²) >= 11 is 0. The van der Waals surface area contributed by atoms with Crippen LogP contribution in [-0.4, -0.2) is 46.5 Å². The Kier molecular flexibility index (Phi) is 5.74. The van der Waals surface area contributed by atoms with Gasteiger partial charge in [-0.25, -0.2) is 9.59 Å². The van der Waals surface area contributed by atoms with Crippen LogP contribution < -0.4 is 0 Å². The lowest BCUT2D eigenvalue weighted by atomic mass is 9.78. The van der Waals surface area contributed by atoms with E-state index in [2.05, 4.69) is 0 Å². The second-order valence-corrected chi connectivity index (χ2v) is 7.79. The highest BCUT2D eigenvalue weighted by molar-refractivity contribution is 6.32. The van der Waals surface area contributed by atoms with Gasteiger partial charge in [-0.15, -0.1) is 0 Å². The van der Waals surface area contributed by atoms with Crippen molar-refractivity contribution in [3.63, 3.8) is 0 Å². The van der Waals surface area contributed by atoms with E-state index >= 15 is 0 Å². The molecule has 0 aliphatic carbocycles. The molecule has 0 spiro atoms. The van der Waals surface area contributed by atoms with E-state index in [0.717, 1.165) is 0 Å². The van der Waals surface area contributed by atoms with Gasteiger partial charge in [0.15, 0.2) is 0 Å². The fourth-order valence-corrected chi connectivity index (χ4v) is 3.90. The van der Waals surface area contributed by atoms with Crippen molar-refractivity contribution >= 4 is 17.8 Å². The summed E-state index contributed by atoms with van der Waals surface area (Å²) < 4.78 is 10.6. The predicted molar refractivity (Wildman–Crippen MR) is 96.5 cm³/mol. The molecule has 1 fully saturated rings. The van der Waals surface area contributed by atoms with E-state index < -0.39 is 23.0 Å². The van der Waals surface area contributed by atoms with Crippen molar-refractivity contribution in [2.24, 2.45) is 0 Å². The molecule has 0 radical (unpaired) electrons. The number of nitrogens with zero attached hydrogens (tertiary/aromatic N) is 1. The van der Waals surface area contributed by atoms with Gasteiger partial charge in [0.05, 0.1) is 12.2 Å². The molecule has 0 unspecified atom stereocenters. The van der Waals surface area contributed by atoms with Crippen LogP contribution in [0.2, 0.25) is 0 Å². The number of carbonyl (C=O) groups is 3. The minimum Gasteiger partial charge on any atom is -0.459 e. The lowest BCUT2D eigenvalue weighted by Crippen LogP contribution is -2.65. The molecule has 0 N–H and O–H groups in total. The van der Waals surface area contributed by atoms with Crippen LogP contribution in [0.3, 0.4) is 0 Å². The van der Waals surface area contributed by atoms with Gasteiger partial charge in [-0.2, -0.15) is 0 Å². The lowest BCUT2D eigenvalue weighted by Gasteiger charge is -2.54. The van der Waals surface area contributed by atoms with E-state index in [1.807, 2.05) is 33.8 Å². The second kappa shape index (κ2) is 7.48. The van der Waals surface area contributed by atoms with E-state index in [1.165, 1.54) is 0 Å². The van der Waals surface area contributed by atoms with Gasteiger partial charge in [-0.05, 0) is 46.8 Å². The minimum atomic E-state index is -0.853. The van der Waals surface area contributed by atoms with Gasteiger partial charge in [0.2, 0.25) is 0 Å². The Bertz CT molecular complexity index is 663. The van der Waals surface area contributed by atoms with Gasteiger partial charge in [0, 0.05) is 23.9 Å². The number of esters is 2. The normalized spacial score (nSPS) is 18.9. The molecule has 1 heterocycles. The molecule has 26 heavy (non-hydrogen) atoms. The Morgan fingerprint density at radius 3 is 2.08 bits per heavy atom. The molecular formula is C20H27NO5. The largest absolute Gasteiger partial charge is 0.459 e. The Morgan fingerprint density at radius 1 is 1.04 bits per heavy atom. The molecule has 6 heteroatoms. The number of rotatable bonds is 3. The number of hydrogen-bond acceptors (Lipinski definition) is 5. The number of benzene rings is 1. The zero-order valence-electron chi connectivity index (χ0n) is 16.1. The standard InChI is InChI=1S/C20H27NO5/c1-6-25-18(24)16(22)21-19(2,3)12-15(13-20(21,4)5)26-17(23)14-10-8-7-9-11-14/h7-11,15H,6,12-13H2,1-5H3. The van der Waals surface area contributed by atoms with Crippen molar-refractivity contribution in [3.05, 3.63) is 35.9 Å². The van der Waals surface area contributed by atoms with Crippen molar-refractivity contribution < 1.29 is 23.9 Å². The maximum absolute atomic E-state index is 12.6. The molecule has 1 aromatic carbocycles. The van der Waals surface area contributed by atoms with Gasteiger partial charge in [-0.1, -0.05) is 18.2 Å². The van der Waals surface area contributed by atoms with Crippen molar-refractivity contribution in [2.45, 2.75) is 64.6 Å². The molecular weight excluding hydrogens is 334 g/mol. The molecule has 0 atom stereocenters. The molecule has 2 rings (SSSR count). The maximum Gasteiger partial charge on any atom is 0.397 e. The Balaban J connectivity index is 2.17. The van der Waals surface area contributed by atoms with Crippen molar-refractivity contribution in [3.8, 4) is 0 Å². The van der Waals surface area contributed by atoms with Gasteiger partial charge in [0.1, 0.15) is 6.10 Å². The molecule has 0 bridgehead atoms. The summed E-state index contributed by atoms with van der Waals surface area (Å²) in [5, 5.41) is 0. The van der Waals surface area contributed by atoms with Crippen LogP contribution in [-0.2, 0) is 19.1 Å². The van der Waals surface area contributed by atoms with E-state index in [1.54, 1.807) is 36.1 Å². The SMILES string of the molecule is CCOC(=O)C(=O)N1C(C)(C)CC(OC(=O)c2ccccc2)CC1(C)C. The first kappa shape index (κ1) is 19.9. The first-order chi connectivity index (χ1) is 12.1. The third-order valence-corrected chi connectivity index (χ3v) is 4.60. The first-order valence-corrected chi connectivity index (χ1v) is 8.86. The number of ether oxygens (including phenoxy) is 2. The Labute approximate surface area is 154 Å². The summed E-state index contributed by atoms with van der Waals surface area (Å²) in [7, 11) is 0. The summed E-state index contributed by atoms with van der Waals surface area (Å²) in [6.45, 7) is 9.29. The number of likely N-dealkylation sites (tertiary alicyclic amines) is 1. The Morgan fingerprint density at radius 2 is 1.58 bits per heavy atom. The Hall–Kier alpha value is -2.37. The van der Waals surface area contributed by atoms with Crippen LogP contribution in [0, 0.1) is 0 Å². The average molecular weight is 361 g/mol. The minimum absolute atomic E-state index is 0.149. The van der Waals surface area contributed by atoms with Crippen LogP contribution in [0.5, 0.6) is 0 Å². The highest BCUT2D eigenvalue weighted by Crippen LogP contribution is 2.40. The third-order valence-electron chi connectivity index (χ3n) is 4.60. The lowest BCUT2D eigenvalue weighted by molar-refractivity contribution is -0.173. The maximum atomic E-state index is 12.6. The quantitative estimate of drug-likeness (QED) is 0.611. The molecule has 1 aromatic rings. The highest BCUT2D eigenvalue weighted by atomic mass is 16.5. The fourth-order valence-electron chi connectivity index (χ4n) is 3.90. The van der Waals surface area contributed by atoms with E-state index in [9.17, 15) is 14.4 Å². The predicted octanol–water partition coefficient (Wildman–Crippen LogP) is 2.95. The van der Waals surface area contributed by atoms with Crippen LogP contribution in [0.4, 0.5) is 0 Å². The van der Waals surface area contributed by atoms with Crippen molar-refractivity contribution in [1.82, 2.24) is 4.90 Å². The molecule has 1 aliphatic rings. The molecule has 1 amide bonds. The van der Waals surface area contributed by atoms with Crippen LogP contribution in [0.25, 0.3) is 0 Å². The molecule has 0 aromatic heterocycles. The summed E-state index contributed by atoms with van der Waals surface area (Å²) in [6.07, 6.45) is 0.541. The van der Waals surface area contributed by atoms with E-state index in [0.29, 0.717) is 18.4 Å². The number of hydrogen-bond donors (Lipinski definition) is 0. The molecule has 1 saturated heterocycles. The van der Waals surface area contributed by atoms with Crippen molar-refractivity contribution in [1.29, 1.82) is 0 Å². The molecule has 1 aliphatic heterocycles. The number of amides is 1. The van der Waals surface area contributed by atoms with Crippen LogP contribution in [0.15, 0.2) is 30.3 Å². The van der Waals surface area contributed by atoms with Gasteiger partial charge in [-0.3, -0.25) is 4.79 Å². The van der Waals surface area contributed by atoms with E-state index in [-0.39, 0.29) is 18.7 Å². The average Bonchev–Trinajstić information content (AvgIpc) is 2.53. The fraction of sp³-hybridized carbons (Fsp3) is 0.550. The number of piperidine rings is 1. The zero-order valence-corrected chi connectivity index (χ0v) is 16.1. The summed E-state index contributed by atoms with van der Waals surface area (Å²) in [6, 6.07) is 8.81. The summed E-state index contributed by atoms with van der Waals surface area (Å²) in [5.74, 6) is -1.89. The topological polar surface area (TPSA) is 72.9 Å². The molecule has 142 valence electrons. The monoisotopic (exact) mass is 361 g/mol. The van der Waals surface area contributed by atoms with Gasteiger partial charge >= 0.3 is 17.8 Å². The van der Waals surface area contributed by atoms with Gasteiger partial charge in [0.25, 0.3) is 0 Å². The van der Waals surface area contributed by atoms with Crippen molar-refractivity contribution in [2.75, 3.05) is 6.61 Å². The first-order valence-electron chi connectivity index (χ1n) is 8.86. The number of carbonyl (C=O) groups excluding carboxylic acids is 3. The third kappa shape index (κ3) is 4.23. The van der Waals surface area contributed by atoms with E-state index in [4.69, 9.17) is 9.47 Å².